The molecule has 0 aliphatic rings. The molecule has 0 radical (unpaired) electrons. The number of benzene rings is 2. The van der Waals surface area contributed by atoms with Crippen molar-refractivity contribution >= 4 is 28.9 Å². The molecule has 0 spiro atoms. The summed E-state index contributed by atoms with van der Waals surface area (Å²) >= 11 is 5.09. The first-order valence-electron chi connectivity index (χ1n) is 7.50. The lowest BCUT2D eigenvalue weighted by Gasteiger charge is -2.18. The molecule has 2 rings (SSSR count). The normalized spacial score (nSPS) is 11.4. The zero-order valence-corrected chi connectivity index (χ0v) is 14.0. The Morgan fingerprint density at radius 3 is 2.56 bits per heavy atom. The highest BCUT2D eigenvalue weighted by Gasteiger charge is 2.15. The van der Waals surface area contributed by atoms with Crippen molar-refractivity contribution in [2.45, 2.75) is 12.5 Å². The molecule has 1 atom stereocenters. The molecule has 7 nitrogen and oxygen atoms in total. The minimum atomic E-state index is -0.574. The molecule has 25 heavy (non-hydrogen) atoms. The van der Waals surface area contributed by atoms with E-state index in [2.05, 4.69) is 10.6 Å². The molecule has 0 aliphatic heterocycles. The summed E-state index contributed by atoms with van der Waals surface area (Å²) in [6.45, 7) is -0.165. The van der Waals surface area contributed by atoms with E-state index in [0.29, 0.717) is 6.42 Å². The van der Waals surface area contributed by atoms with Gasteiger partial charge in [0.1, 0.15) is 0 Å². The Balaban J connectivity index is 1.95. The fourth-order valence-corrected chi connectivity index (χ4v) is 2.48. The molecule has 2 aromatic carbocycles. The van der Waals surface area contributed by atoms with Crippen molar-refractivity contribution in [3.05, 3.63) is 75.8 Å². The summed E-state index contributed by atoms with van der Waals surface area (Å²) in [5.74, 6) is -0.558. The van der Waals surface area contributed by atoms with Crippen LogP contribution in [0.25, 0.3) is 0 Å². The summed E-state index contributed by atoms with van der Waals surface area (Å²) in [6.07, 6.45) is 0.532. The zero-order valence-electron chi connectivity index (χ0n) is 13.2. The van der Waals surface area contributed by atoms with E-state index in [0.717, 1.165) is 5.56 Å². The molecule has 130 valence electrons. The number of nitrogens with one attached hydrogen (secondary N) is 2. The number of aliphatic hydroxyl groups is 1. The number of nitrogens with zero attached hydrogens (tertiary/aromatic N) is 1. The van der Waals surface area contributed by atoms with Crippen LogP contribution >= 0.6 is 12.2 Å². The van der Waals surface area contributed by atoms with Crippen LogP contribution in [0.15, 0.2) is 54.6 Å². The number of hydrogen-bond acceptors (Lipinski definition) is 5. The molecule has 0 heterocycles. The largest absolute Gasteiger partial charge is 0.394 e. The number of amides is 1. The van der Waals surface area contributed by atoms with Gasteiger partial charge in [-0.2, -0.15) is 0 Å². The van der Waals surface area contributed by atoms with Gasteiger partial charge in [0.2, 0.25) is 0 Å². The molecule has 0 bridgehead atoms. The molecule has 2 aromatic rings. The summed E-state index contributed by atoms with van der Waals surface area (Å²) < 4.78 is 0. The van der Waals surface area contributed by atoms with E-state index in [1.807, 2.05) is 30.3 Å². The van der Waals surface area contributed by atoms with Crippen LogP contribution in [-0.4, -0.2) is 33.7 Å². The highest BCUT2D eigenvalue weighted by molar-refractivity contribution is 7.80. The van der Waals surface area contributed by atoms with Crippen molar-refractivity contribution in [2.75, 3.05) is 6.61 Å². The molecule has 1 amide bonds. The Labute approximate surface area is 149 Å². The van der Waals surface area contributed by atoms with E-state index in [-0.39, 0.29) is 29.0 Å². The molecular weight excluding hydrogens is 342 g/mol. The number of hydrogen-bond donors (Lipinski definition) is 3. The summed E-state index contributed by atoms with van der Waals surface area (Å²) in [4.78, 5) is 22.3. The second-order valence-electron chi connectivity index (χ2n) is 5.30. The van der Waals surface area contributed by atoms with Crippen LogP contribution < -0.4 is 10.6 Å². The van der Waals surface area contributed by atoms with E-state index < -0.39 is 10.8 Å². The fourth-order valence-electron chi connectivity index (χ4n) is 2.22. The quantitative estimate of drug-likeness (QED) is 0.413. The molecule has 3 N–H and O–H groups in total. The van der Waals surface area contributed by atoms with Crippen molar-refractivity contribution in [2.24, 2.45) is 0 Å². The third-order valence-corrected chi connectivity index (χ3v) is 3.65. The lowest BCUT2D eigenvalue weighted by Crippen LogP contribution is -2.46. The average Bonchev–Trinajstić information content (AvgIpc) is 2.62. The van der Waals surface area contributed by atoms with Crippen LogP contribution in [0.1, 0.15) is 15.9 Å². The molecule has 0 aromatic heterocycles. The van der Waals surface area contributed by atoms with Crippen LogP contribution in [0.4, 0.5) is 5.69 Å². The number of rotatable bonds is 6. The predicted octanol–water partition coefficient (Wildman–Crippen LogP) is 1.80. The second-order valence-corrected chi connectivity index (χ2v) is 5.71. The highest BCUT2D eigenvalue weighted by Crippen LogP contribution is 2.12. The number of thiocarbonyl (C=S) groups is 1. The minimum Gasteiger partial charge on any atom is -0.394 e. The molecule has 8 heteroatoms. The topological polar surface area (TPSA) is 104 Å². The predicted molar refractivity (Wildman–Crippen MR) is 97.3 cm³/mol. The number of nitro benzene ring substituents is 1. The van der Waals surface area contributed by atoms with Gasteiger partial charge in [0, 0.05) is 17.7 Å². The number of carbonyl (C=O) groups is 1. The van der Waals surface area contributed by atoms with E-state index in [9.17, 15) is 20.0 Å². The Hall–Kier alpha value is -2.84. The van der Waals surface area contributed by atoms with Gasteiger partial charge in [-0.3, -0.25) is 20.2 Å². The van der Waals surface area contributed by atoms with Crippen LogP contribution in [-0.2, 0) is 6.42 Å². The Morgan fingerprint density at radius 1 is 1.20 bits per heavy atom. The zero-order chi connectivity index (χ0) is 18.2. The molecule has 0 aliphatic carbocycles. The van der Waals surface area contributed by atoms with E-state index >= 15 is 0 Å². The third-order valence-electron chi connectivity index (χ3n) is 3.43. The number of carbonyl (C=O) groups excluding carboxylic acids is 1. The van der Waals surface area contributed by atoms with Gasteiger partial charge in [0.15, 0.2) is 5.11 Å². The summed E-state index contributed by atoms with van der Waals surface area (Å²) in [6, 6.07) is 14.5. The van der Waals surface area contributed by atoms with Gasteiger partial charge in [-0.05, 0) is 30.3 Å². The van der Waals surface area contributed by atoms with Crippen molar-refractivity contribution in [3.63, 3.8) is 0 Å². The van der Waals surface area contributed by atoms with Crippen molar-refractivity contribution in [1.29, 1.82) is 0 Å². The monoisotopic (exact) mass is 359 g/mol. The Bertz CT molecular complexity index is 767. The van der Waals surface area contributed by atoms with Crippen LogP contribution in [0, 0.1) is 10.1 Å². The maximum atomic E-state index is 12.1. The number of aliphatic hydroxyl groups excluding tert-OH is 1. The third kappa shape index (κ3) is 5.63. The van der Waals surface area contributed by atoms with Crippen LogP contribution in [0.3, 0.4) is 0 Å². The first kappa shape index (κ1) is 18.5. The number of non-ortho nitro benzene ring substituents is 1. The molecule has 0 fully saturated rings. The van der Waals surface area contributed by atoms with Gasteiger partial charge < -0.3 is 10.4 Å². The number of nitro groups is 1. The maximum Gasteiger partial charge on any atom is 0.270 e. The van der Waals surface area contributed by atoms with Gasteiger partial charge in [0.05, 0.1) is 17.6 Å². The van der Waals surface area contributed by atoms with E-state index in [1.165, 1.54) is 24.3 Å². The maximum absolute atomic E-state index is 12.1. The van der Waals surface area contributed by atoms with Crippen molar-refractivity contribution in [1.82, 2.24) is 10.6 Å². The standard InChI is InChI=1S/C17H17N3O4S/c21-11-14(9-12-5-2-1-3-6-12)18-17(25)19-16(22)13-7-4-8-15(10-13)20(23)24/h1-8,10,14,21H,9,11H2,(H2,18,19,22,25)/t14-/m0/s1. The first-order valence-corrected chi connectivity index (χ1v) is 7.91. The van der Waals surface area contributed by atoms with Gasteiger partial charge in [-0.25, -0.2) is 0 Å². The second kappa shape index (κ2) is 8.86. The van der Waals surface area contributed by atoms with Crippen LogP contribution in [0.2, 0.25) is 0 Å². The van der Waals surface area contributed by atoms with Gasteiger partial charge in [-0.15, -0.1) is 0 Å². The average molecular weight is 359 g/mol. The van der Waals surface area contributed by atoms with Gasteiger partial charge >= 0.3 is 0 Å². The molecular formula is C17H17N3O4S. The first-order chi connectivity index (χ1) is 12.0. The molecule has 0 saturated carbocycles. The molecule has 0 saturated heterocycles. The summed E-state index contributed by atoms with van der Waals surface area (Å²) in [7, 11) is 0. The Morgan fingerprint density at radius 2 is 1.92 bits per heavy atom. The summed E-state index contributed by atoms with van der Waals surface area (Å²) in [5.41, 5.74) is 0.965. The molecule has 0 unspecified atom stereocenters. The van der Waals surface area contributed by atoms with Gasteiger partial charge in [0.25, 0.3) is 11.6 Å². The van der Waals surface area contributed by atoms with Crippen LogP contribution in [0.5, 0.6) is 0 Å². The lowest BCUT2D eigenvalue weighted by molar-refractivity contribution is -0.384. The smallest absolute Gasteiger partial charge is 0.270 e. The van der Waals surface area contributed by atoms with Crippen molar-refractivity contribution in [3.8, 4) is 0 Å². The Kier molecular flexibility index (Phi) is 6.55. The van der Waals surface area contributed by atoms with Gasteiger partial charge in [-0.1, -0.05) is 36.4 Å². The minimum absolute atomic E-state index is 0.0477. The fraction of sp³-hybridized carbons (Fsp3) is 0.176. The highest BCUT2D eigenvalue weighted by atomic mass is 32.1. The summed E-state index contributed by atoms with van der Waals surface area (Å²) in [5, 5.41) is 25.6. The van der Waals surface area contributed by atoms with E-state index in [1.54, 1.807) is 0 Å². The van der Waals surface area contributed by atoms with Crippen molar-refractivity contribution < 1.29 is 14.8 Å². The lowest BCUT2D eigenvalue weighted by atomic mass is 10.1. The SMILES string of the molecule is O=C(NC(=S)N[C@H](CO)Cc1ccccc1)c1cccc([N+](=O)[O-])c1. The van der Waals surface area contributed by atoms with E-state index in [4.69, 9.17) is 12.2 Å².